The van der Waals surface area contributed by atoms with Gasteiger partial charge in [0, 0.05) is 32.0 Å². The second-order valence-electron chi connectivity index (χ2n) is 5.07. The van der Waals surface area contributed by atoms with Crippen LogP contribution in [-0.2, 0) is 6.54 Å². The van der Waals surface area contributed by atoms with Gasteiger partial charge in [0.15, 0.2) is 0 Å². The maximum atomic E-state index is 12.1. The quantitative estimate of drug-likeness (QED) is 0.945. The van der Waals surface area contributed by atoms with Crippen molar-refractivity contribution < 1.29 is 4.79 Å². The topological polar surface area (TPSA) is 50.2 Å². The Morgan fingerprint density at radius 3 is 2.90 bits per heavy atom. The summed E-state index contributed by atoms with van der Waals surface area (Å²) < 4.78 is 1.98. The molecule has 0 bridgehead atoms. The fourth-order valence-corrected chi connectivity index (χ4v) is 3.13. The summed E-state index contributed by atoms with van der Waals surface area (Å²) in [5.41, 5.74) is 0. The van der Waals surface area contributed by atoms with Gasteiger partial charge in [0.25, 0.3) is 0 Å². The van der Waals surface area contributed by atoms with Crippen LogP contribution in [0.1, 0.15) is 12.8 Å². The number of hydrogen-bond acceptors (Lipinski definition) is 3. The summed E-state index contributed by atoms with van der Waals surface area (Å²) in [6, 6.07) is 5.83. The molecular weight excluding hydrogens is 272 g/mol. The highest BCUT2D eigenvalue weighted by Crippen LogP contribution is 2.21. The molecule has 0 radical (unpaired) electrons. The molecule has 0 saturated carbocycles. The number of amides is 2. The Balaban J connectivity index is 1.47. The van der Waals surface area contributed by atoms with Gasteiger partial charge >= 0.3 is 6.03 Å². The van der Waals surface area contributed by atoms with Crippen molar-refractivity contribution in [3.8, 4) is 0 Å². The van der Waals surface area contributed by atoms with E-state index < -0.39 is 0 Å². The van der Waals surface area contributed by atoms with Gasteiger partial charge in [0.1, 0.15) is 0 Å². The number of nitrogens with zero attached hydrogens (tertiary/aromatic N) is 3. The van der Waals surface area contributed by atoms with Crippen LogP contribution in [0.4, 0.5) is 9.80 Å². The molecule has 20 heavy (non-hydrogen) atoms. The van der Waals surface area contributed by atoms with Crippen molar-refractivity contribution >= 4 is 22.4 Å². The Labute approximate surface area is 122 Å². The number of piperidine rings is 1. The van der Waals surface area contributed by atoms with Crippen LogP contribution in [-0.4, -0.2) is 33.8 Å². The molecule has 0 aliphatic carbocycles. The summed E-state index contributed by atoms with van der Waals surface area (Å²) in [5, 5.41) is 10.1. The second kappa shape index (κ2) is 6.09. The molecule has 1 saturated heterocycles. The molecule has 0 unspecified atom stereocenters. The van der Waals surface area contributed by atoms with E-state index in [2.05, 4.69) is 10.4 Å². The average Bonchev–Trinajstić information content (AvgIpc) is 3.13. The van der Waals surface area contributed by atoms with Gasteiger partial charge in [-0.15, -0.1) is 11.3 Å². The molecule has 0 atom stereocenters. The van der Waals surface area contributed by atoms with E-state index >= 15 is 0 Å². The Morgan fingerprint density at radius 1 is 1.40 bits per heavy atom. The normalized spacial score (nSPS) is 16.3. The predicted molar refractivity (Wildman–Crippen MR) is 79.9 cm³/mol. The number of urea groups is 1. The van der Waals surface area contributed by atoms with Crippen LogP contribution >= 0.6 is 11.3 Å². The Hall–Kier alpha value is -1.82. The number of thiophene rings is 1. The van der Waals surface area contributed by atoms with Crippen molar-refractivity contribution in [2.75, 3.05) is 18.4 Å². The highest BCUT2D eigenvalue weighted by atomic mass is 32.1. The number of likely N-dealkylation sites (tertiary alicyclic amines) is 1. The van der Waals surface area contributed by atoms with Gasteiger partial charge < -0.3 is 4.90 Å². The number of hydrogen-bond donors (Lipinski definition) is 1. The number of carbonyl (C=O) groups is 1. The molecule has 2 aromatic heterocycles. The van der Waals surface area contributed by atoms with Crippen molar-refractivity contribution in [2.45, 2.75) is 19.4 Å². The Kier molecular flexibility index (Phi) is 4.01. The monoisotopic (exact) mass is 290 g/mol. The predicted octanol–water partition coefficient (Wildman–Crippen LogP) is 2.89. The van der Waals surface area contributed by atoms with E-state index in [0.29, 0.717) is 5.92 Å². The molecular formula is C14H18N4OS. The molecule has 1 fully saturated rings. The average molecular weight is 290 g/mol. The highest BCUT2D eigenvalue weighted by molar-refractivity contribution is 7.14. The standard InChI is InChI=1S/C14H18N4OS/c19-14(16-13-3-1-10-20-13)17-8-4-12(5-9-17)11-18-7-2-6-15-18/h1-3,6-7,10,12H,4-5,8-9,11H2,(H,16,19). The van der Waals surface area contributed by atoms with E-state index in [1.54, 1.807) is 11.3 Å². The zero-order valence-corrected chi connectivity index (χ0v) is 12.1. The molecule has 1 N–H and O–H groups in total. The van der Waals surface area contributed by atoms with Gasteiger partial charge in [-0.3, -0.25) is 10.00 Å². The molecule has 6 heteroatoms. The van der Waals surface area contributed by atoms with Crippen molar-refractivity contribution in [1.82, 2.24) is 14.7 Å². The van der Waals surface area contributed by atoms with Crippen LogP contribution in [0.25, 0.3) is 0 Å². The summed E-state index contributed by atoms with van der Waals surface area (Å²) >= 11 is 1.55. The molecule has 3 rings (SSSR count). The van der Waals surface area contributed by atoms with E-state index in [1.165, 1.54) is 0 Å². The van der Waals surface area contributed by atoms with Gasteiger partial charge in [-0.25, -0.2) is 4.79 Å². The van der Waals surface area contributed by atoms with Gasteiger partial charge in [0.2, 0.25) is 0 Å². The van der Waals surface area contributed by atoms with Crippen molar-refractivity contribution in [1.29, 1.82) is 0 Å². The lowest BCUT2D eigenvalue weighted by Gasteiger charge is -2.31. The fourth-order valence-electron chi connectivity index (χ4n) is 2.53. The van der Waals surface area contributed by atoms with E-state index in [0.717, 1.165) is 37.5 Å². The van der Waals surface area contributed by atoms with Crippen LogP contribution < -0.4 is 5.32 Å². The third-order valence-corrected chi connectivity index (χ3v) is 4.44. The minimum Gasteiger partial charge on any atom is -0.324 e. The summed E-state index contributed by atoms with van der Waals surface area (Å²) in [6.07, 6.45) is 5.88. The van der Waals surface area contributed by atoms with Crippen LogP contribution in [0, 0.1) is 5.92 Å². The third kappa shape index (κ3) is 3.19. The van der Waals surface area contributed by atoms with Crippen LogP contribution in [0.15, 0.2) is 36.0 Å². The van der Waals surface area contributed by atoms with Gasteiger partial charge in [-0.1, -0.05) is 0 Å². The van der Waals surface area contributed by atoms with Crippen molar-refractivity contribution in [3.05, 3.63) is 36.0 Å². The molecule has 106 valence electrons. The maximum Gasteiger partial charge on any atom is 0.322 e. The van der Waals surface area contributed by atoms with Crippen LogP contribution in [0.2, 0.25) is 0 Å². The van der Waals surface area contributed by atoms with E-state index in [1.807, 2.05) is 45.6 Å². The Bertz CT molecular complexity index is 530. The summed E-state index contributed by atoms with van der Waals surface area (Å²) in [7, 11) is 0. The van der Waals surface area contributed by atoms with E-state index in [4.69, 9.17) is 0 Å². The molecule has 1 aliphatic heterocycles. The maximum absolute atomic E-state index is 12.1. The molecule has 5 nitrogen and oxygen atoms in total. The first-order chi connectivity index (χ1) is 9.81. The van der Waals surface area contributed by atoms with Crippen molar-refractivity contribution in [3.63, 3.8) is 0 Å². The lowest BCUT2D eigenvalue weighted by Crippen LogP contribution is -2.41. The number of rotatable bonds is 3. The summed E-state index contributed by atoms with van der Waals surface area (Å²) in [6.45, 7) is 2.60. The van der Waals surface area contributed by atoms with Crippen molar-refractivity contribution in [2.24, 2.45) is 5.92 Å². The molecule has 2 amide bonds. The van der Waals surface area contributed by atoms with Gasteiger partial charge in [-0.2, -0.15) is 5.10 Å². The first-order valence-electron chi connectivity index (χ1n) is 6.88. The Morgan fingerprint density at radius 2 is 2.25 bits per heavy atom. The number of carbonyl (C=O) groups excluding carboxylic acids is 1. The van der Waals surface area contributed by atoms with Crippen LogP contribution in [0.5, 0.6) is 0 Å². The molecule has 1 aliphatic rings. The number of aromatic nitrogens is 2. The first-order valence-corrected chi connectivity index (χ1v) is 7.76. The molecule has 0 spiro atoms. The largest absolute Gasteiger partial charge is 0.324 e. The number of anilines is 1. The van der Waals surface area contributed by atoms with E-state index in [9.17, 15) is 4.79 Å². The SMILES string of the molecule is O=C(Nc1cccs1)N1CCC(Cn2cccn2)CC1. The first kappa shape index (κ1) is 13.2. The van der Waals surface area contributed by atoms with Crippen LogP contribution in [0.3, 0.4) is 0 Å². The highest BCUT2D eigenvalue weighted by Gasteiger charge is 2.23. The summed E-state index contributed by atoms with van der Waals surface area (Å²) in [5.74, 6) is 0.612. The zero-order chi connectivity index (χ0) is 13.8. The third-order valence-electron chi connectivity index (χ3n) is 3.66. The van der Waals surface area contributed by atoms with E-state index in [-0.39, 0.29) is 6.03 Å². The van der Waals surface area contributed by atoms with Gasteiger partial charge in [0.05, 0.1) is 5.00 Å². The molecule has 2 aromatic rings. The smallest absolute Gasteiger partial charge is 0.322 e. The number of nitrogens with one attached hydrogen (secondary N) is 1. The zero-order valence-electron chi connectivity index (χ0n) is 11.2. The molecule has 3 heterocycles. The lowest BCUT2D eigenvalue weighted by molar-refractivity contribution is 0.175. The lowest BCUT2D eigenvalue weighted by atomic mass is 9.97. The minimum atomic E-state index is 0.0185. The van der Waals surface area contributed by atoms with Gasteiger partial charge in [-0.05, 0) is 42.3 Å². The minimum absolute atomic E-state index is 0.0185. The molecule has 0 aromatic carbocycles. The fraction of sp³-hybridized carbons (Fsp3) is 0.429. The summed E-state index contributed by atoms with van der Waals surface area (Å²) in [4.78, 5) is 14.0. The second-order valence-corrected chi connectivity index (χ2v) is 6.01.